The van der Waals surface area contributed by atoms with Gasteiger partial charge in [-0.25, -0.2) is 0 Å². The van der Waals surface area contributed by atoms with Crippen molar-refractivity contribution in [3.8, 4) is 0 Å². The Hall–Kier alpha value is -0.650. The summed E-state index contributed by atoms with van der Waals surface area (Å²) in [5, 5.41) is 3.42. The van der Waals surface area contributed by atoms with Crippen molar-refractivity contribution >= 4 is 5.97 Å². The first-order valence-corrected chi connectivity index (χ1v) is 7.02. The second kappa shape index (κ2) is 7.22. The van der Waals surface area contributed by atoms with Crippen molar-refractivity contribution in [2.24, 2.45) is 0 Å². The minimum Gasteiger partial charge on any atom is -0.468 e. The first-order valence-electron chi connectivity index (χ1n) is 7.02. The summed E-state index contributed by atoms with van der Waals surface area (Å²) in [5.74, 6) is -0.192. The van der Waals surface area contributed by atoms with Crippen LogP contribution < -0.4 is 5.32 Å². The van der Waals surface area contributed by atoms with Crippen molar-refractivity contribution in [2.45, 2.75) is 51.2 Å². The molecule has 5 nitrogen and oxygen atoms in total. The highest BCUT2D eigenvalue weighted by Gasteiger charge is 2.41. The number of methoxy groups -OCH3 is 2. The maximum absolute atomic E-state index is 12.1. The van der Waals surface area contributed by atoms with E-state index in [1.807, 2.05) is 6.92 Å². The normalized spacial score (nSPS) is 18.7. The molecule has 1 aliphatic carbocycles. The van der Waals surface area contributed by atoms with E-state index in [2.05, 4.69) is 24.1 Å². The Balaban J connectivity index is 2.69. The molecule has 1 atom stereocenters. The van der Waals surface area contributed by atoms with Gasteiger partial charge in [-0.3, -0.25) is 15.0 Å². The fraction of sp³-hybridized carbons (Fsp3) is 0.929. The monoisotopic (exact) mass is 272 g/mol. The van der Waals surface area contributed by atoms with Crippen LogP contribution in [0.15, 0.2) is 0 Å². The predicted molar refractivity (Wildman–Crippen MR) is 75.2 cm³/mol. The van der Waals surface area contributed by atoms with Crippen LogP contribution in [-0.4, -0.2) is 62.4 Å². The third-order valence-electron chi connectivity index (χ3n) is 3.57. The lowest BCUT2D eigenvalue weighted by Gasteiger charge is -2.36. The zero-order valence-corrected chi connectivity index (χ0v) is 12.9. The lowest BCUT2D eigenvalue weighted by atomic mass is 10.0. The van der Waals surface area contributed by atoms with Crippen LogP contribution >= 0.6 is 0 Å². The van der Waals surface area contributed by atoms with E-state index < -0.39 is 5.54 Å². The summed E-state index contributed by atoms with van der Waals surface area (Å²) in [6, 6.07) is 0.820. The van der Waals surface area contributed by atoms with E-state index in [1.54, 1.807) is 7.11 Å². The summed E-state index contributed by atoms with van der Waals surface area (Å²) in [6.45, 7) is 8.30. The van der Waals surface area contributed by atoms with Crippen LogP contribution in [-0.2, 0) is 14.3 Å². The minimum atomic E-state index is -0.645. The van der Waals surface area contributed by atoms with Gasteiger partial charge in [-0.2, -0.15) is 0 Å². The van der Waals surface area contributed by atoms with Gasteiger partial charge in [0.15, 0.2) is 0 Å². The summed E-state index contributed by atoms with van der Waals surface area (Å²) < 4.78 is 10.1. The number of ether oxygens (including phenoxy) is 2. The molecule has 1 rings (SSSR count). The average Bonchev–Trinajstić information content (AvgIpc) is 3.16. The molecule has 0 aromatic carbocycles. The number of hydrogen-bond donors (Lipinski definition) is 1. The third-order valence-corrected chi connectivity index (χ3v) is 3.57. The molecule has 19 heavy (non-hydrogen) atoms. The Morgan fingerprint density at radius 3 is 2.47 bits per heavy atom. The van der Waals surface area contributed by atoms with Crippen molar-refractivity contribution in [3.05, 3.63) is 0 Å². The van der Waals surface area contributed by atoms with Crippen LogP contribution in [0.25, 0.3) is 0 Å². The van der Waals surface area contributed by atoms with Crippen molar-refractivity contribution in [1.82, 2.24) is 10.2 Å². The maximum Gasteiger partial charge on any atom is 0.327 e. The topological polar surface area (TPSA) is 50.8 Å². The SMILES string of the molecule is COCCN(CC(C)(NC1CC1)C(=O)OC)C(C)C. The van der Waals surface area contributed by atoms with Crippen LogP contribution in [0.1, 0.15) is 33.6 Å². The zero-order chi connectivity index (χ0) is 14.5. The Labute approximate surface area is 116 Å². The van der Waals surface area contributed by atoms with Crippen molar-refractivity contribution in [3.63, 3.8) is 0 Å². The van der Waals surface area contributed by atoms with Gasteiger partial charge in [0.2, 0.25) is 0 Å². The van der Waals surface area contributed by atoms with Gasteiger partial charge in [-0.05, 0) is 33.6 Å². The molecule has 0 aliphatic heterocycles. The molecule has 1 unspecified atom stereocenters. The second-order valence-electron chi connectivity index (χ2n) is 5.80. The predicted octanol–water partition coefficient (Wildman–Crippen LogP) is 1.03. The van der Waals surface area contributed by atoms with E-state index in [1.165, 1.54) is 7.11 Å². The molecule has 0 saturated heterocycles. The number of carbonyl (C=O) groups excluding carboxylic acids is 1. The molecular weight excluding hydrogens is 244 g/mol. The van der Waals surface area contributed by atoms with Crippen molar-refractivity contribution in [2.75, 3.05) is 33.9 Å². The third kappa shape index (κ3) is 5.09. The molecule has 5 heteroatoms. The molecule has 0 bridgehead atoms. The molecule has 1 saturated carbocycles. The smallest absolute Gasteiger partial charge is 0.327 e. The van der Waals surface area contributed by atoms with Crippen LogP contribution in [0.3, 0.4) is 0 Å². The lowest BCUT2D eigenvalue weighted by molar-refractivity contribution is -0.149. The van der Waals surface area contributed by atoms with Crippen LogP contribution in [0, 0.1) is 0 Å². The van der Waals surface area contributed by atoms with E-state index in [9.17, 15) is 4.79 Å². The highest BCUT2D eigenvalue weighted by Crippen LogP contribution is 2.24. The van der Waals surface area contributed by atoms with Gasteiger partial charge < -0.3 is 9.47 Å². The van der Waals surface area contributed by atoms with Crippen molar-refractivity contribution < 1.29 is 14.3 Å². The van der Waals surface area contributed by atoms with Gasteiger partial charge in [-0.1, -0.05) is 0 Å². The van der Waals surface area contributed by atoms with Gasteiger partial charge in [0.05, 0.1) is 13.7 Å². The lowest BCUT2D eigenvalue weighted by Crippen LogP contribution is -2.59. The number of nitrogens with one attached hydrogen (secondary N) is 1. The molecule has 1 fully saturated rings. The summed E-state index contributed by atoms with van der Waals surface area (Å²) >= 11 is 0. The maximum atomic E-state index is 12.1. The number of hydrogen-bond acceptors (Lipinski definition) is 5. The molecule has 0 heterocycles. The van der Waals surface area contributed by atoms with E-state index >= 15 is 0 Å². The summed E-state index contributed by atoms with van der Waals surface area (Å²) in [5.41, 5.74) is -0.645. The van der Waals surface area contributed by atoms with Gasteiger partial charge in [0.25, 0.3) is 0 Å². The van der Waals surface area contributed by atoms with Gasteiger partial charge >= 0.3 is 5.97 Å². The van der Waals surface area contributed by atoms with Crippen molar-refractivity contribution in [1.29, 1.82) is 0 Å². The minimum absolute atomic E-state index is 0.192. The molecule has 0 aromatic heterocycles. The highest BCUT2D eigenvalue weighted by atomic mass is 16.5. The van der Waals surface area contributed by atoms with Crippen LogP contribution in [0.4, 0.5) is 0 Å². The van der Waals surface area contributed by atoms with E-state index in [4.69, 9.17) is 9.47 Å². The molecular formula is C14H28N2O3. The quantitative estimate of drug-likeness (QED) is 0.635. The Morgan fingerprint density at radius 2 is 2.05 bits per heavy atom. The Kier molecular flexibility index (Phi) is 6.23. The summed E-state index contributed by atoms with van der Waals surface area (Å²) in [7, 11) is 3.14. The average molecular weight is 272 g/mol. The fourth-order valence-electron chi connectivity index (χ4n) is 2.21. The zero-order valence-electron chi connectivity index (χ0n) is 12.9. The number of esters is 1. The van der Waals surface area contributed by atoms with Gasteiger partial charge in [-0.15, -0.1) is 0 Å². The van der Waals surface area contributed by atoms with E-state index in [0.717, 1.165) is 19.4 Å². The molecule has 0 amide bonds. The molecule has 0 aromatic rings. The van der Waals surface area contributed by atoms with Crippen LogP contribution in [0.2, 0.25) is 0 Å². The highest BCUT2D eigenvalue weighted by molar-refractivity contribution is 5.80. The van der Waals surface area contributed by atoms with E-state index in [-0.39, 0.29) is 5.97 Å². The van der Waals surface area contributed by atoms with Gasteiger partial charge in [0, 0.05) is 32.3 Å². The second-order valence-corrected chi connectivity index (χ2v) is 5.80. The fourth-order valence-corrected chi connectivity index (χ4v) is 2.21. The molecule has 1 N–H and O–H groups in total. The standard InChI is InChI=1S/C14H28N2O3/c1-11(2)16(8-9-18-4)10-14(3,13(17)19-5)15-12-6-7-12/h11-12,15H,6-10H2,1-5H3. The first-order chi connectivity index (χ1) is 8.92. The first kappa shape index (κ1) is 16.4. The Morgan fingerprint density at radius 1 is 1.42 bits per heavy atom. The number of rotatable bonds is 9. The number of nitrogens with zero attached hydrogens (tertiary/aromatic N) is 1. The Bertz CT molecular complexity index is 292. The summed E-state index contributed by atoms with van der Waals surface area (Å²) in [4.78, 5) is 14.3. The molecule has 1 aliphatic rings. The summed E-state index contributed by atoms with van der Waals surface area (Å²) in [6.07, 6.45) is 2.29. The van der Waals surface area contributed by atoms with E-state index in [0.29, 0.717) is 25.2 Å². The molecule has 112 valence electrons. The molecule has 0 radical (unpaired) electrons. The number of carbonyl (C=O) groups is 1. The van der Waals surface area contributed by atoms with Gasteiger partial charge in [0.1, 0.15) is 5.54 Å². The largest absolute Gasteiger partial charge is 0.468 e. The van der Waals surface area contributed by atoms with Crippen LogP contribution in [0.5, 0.6) is 0 Å². The molecule has 0 spiro atoms.